The standard InChI is InChI=1S/C18H10N2O2S2/c1-10-20-16-15(24-10)8-14(13-6-7-23-17(13)16)22-18(21)12-4-2-11(9-19)3-5-12/h2-8H,1H3. The topological polar surface area (TPSA) is 63.0 Å². The van der Waals surface area contributed by atoms with Gasteiger partial charge in [-0.3, -0.25) is 0 Å². The summed E-state index contributed by atoms with van der Waals surface area (Å²) < 4.78 is 7.66. The molecule has 0 aliphatic heterocycles. The Morgan fingerprint density at radius 2 is 2.04 bits per heavy atom. The normalized spacial score (nSPS) is 10.8. The van der Waals surface area contributed by atoms with Crippen LogP contribution in [-0.4, -0.2) is 11.0 Å². The van der Waals surface area contributed by atoms with Gasteiger partial charge in [-0.1, -0.05) is 0 Å². The van der Waals surface area contributed by atoms with Crippen molar-refractivity contribution in [3.8, 4) is 11.8 Å². The number of carbonyl (C=O) groups is 1. The first kappa shape index (κ1) is 14.8. The Morgan fingerprint density at radius 3 is 2.79 bits per heavy atom. The van der Waals surface area contributed by atoms with Crippen molar-refractivity contribution >= 4 is 48.9 Å². The summed E-state index contributed by atoms with van der Waals surface area (Å²) in [6.45, 7) is 1.96. The maximum Gasteiger partial charge on any atom is 0.343 e. The van der Waals surface area contributed by atoms with Crippen molar-refractivity contribution in [1.29, 1.82) is 5.26 Å². The highest BCUT2D eigenvalue weighted by Gasteiger charge is 2.16. The molecule has 0 radical (unpaired) electrons. The Bertz CT molecular complexity index is 1120. The molecule has 0 atom stereocenters. The van der Waals surface area contributed by atoms with Crippen molar-refractivity contribution in [1.82, 2.24) is 4.98 Å². The van der Waals surface area contributed by atoms with Crippen molar-refractivity contribution in [2.45, 2.75) is 6.92 Å². The van der Waals surface area contributed by atoms with Crippen LogP contribution in [0.25, 0.3) is 20.3 Å². The molecule has 0 saturated heterocycles. The van der Waals surface area contributed by atoms with Gasteiger partial charge in [0.1, 0.15) is 5.75 Å². The molecule has 116 valence electrons. The molecular formula is C18H10N2O2S2. The Labute approximate surface area is 145 Å². The van der Waals surface area contributed by atoms with E-state index in [1.807, 2.05) is 30.5 Å². The summed E-state index contributed by atoms with van der Waals surface area (Å²) in [5, 5.41) is 12.7. The summed E-state index contributed by atoms with van der Waals surface area (Å²) in [6.07, 6.45) is 0. The van der Waals surface area contributed by atoms with E-state index in [0.717, 1.165) is 25.3 Å². The lowest BCUT2D eigenvalue weighted by atomic mass is 10.1. The van der Waals surface area contributed by atoms with Gasteiger partial charge in [0.05, 0.1) is 37.1 Å². The van der Waals surface area contributed by atoms with Crippen LogP contribution in [0, 0.1) is 18.3 Å². The molecule has 0 unspecified atom stereocenters. The SMILES string of the molecule is Cc1nc2c(cc(OC(=O)c3ccc(C#N)cc3)c3ccsc32)s1. The summed E-state index contributed by atoms with van der Waals surface area (Å²) in [5.74, 6) is 0.101. The minimum Gasteiger partial charge on any atom is -0.422 e. The second-order valence-corrected chi connectivity index (χ2v) is 7.35. The lowest BCUT2D eigenvalue weighted by Gasteiger charge is -2.06. The van der Waals surface area contributed by atoms with E-state index in [1.165, 1.54) is 0 Å². The van der Waals surface area contributed by atoms with Crippen LogP contribution in [-0.2, 0) is 0 Å². The van der Waals surface area contributed by atoms with Crippen molar-refractivity contribution in [3.63, 3.8) is 0 Å². The zero-order valence-electron chi connectivity index (χ0n) is 12.6. The van der Waals surface area contributed by atoms with Gasteiger partial charge in [-0.25, -0.2) is 9.78 Å². The lowest BCUT2D eigenvalue weighted by molar-refractivity contribution is 0.0737. The molecule has 0 saturated carbocycles. The molecule has 0 aliphatic carbocycles. The fraction of sp³-hybridized carbons (Fsp3) is 0.0556. The predicted octanol–water partition coefficient (Wildman–Crippen LogP) is 4.91. The van der Waals surface area contributed by atoms with E-state index in [1.54, 1.807) is 46.9 Å². The molecule has 0 spiro atoms. The average Bonchev–Trinajstić information content (AvgIpc) is 3.20. The van der Waals surface area contributed by atoms with Crippen LogP contribution in [0.3, 0.4) is 0 Å². The quantitative estimate of drug-likeness (QED) is 0.381. The molecule has 0 bridgehead atoms. The number of ether oxygens (including phenoxy) is 1. The number of aromatic nitrogens is 1. The van der Waals surface area contributed by atoms with Gasteiger partial charge in [0.2, 0.25) is 0 Å². The molecule has 6 heteroatoms. The van der Waals surface area contributed by atoms with E-state index < -0.39 is 5.97 Å². The third-order valence-electron chi connectivity index (χ3n) is 3.62. The molecule has 0 fully saturated rings. The van der Waals surface area contributed by atoms with Gasteiger partial charge in [-0.05, 0) is 42.6 Å². The highest BCUT2D eigenvalue weighted by molar-refractivity contribution is 7.21. The van der Waals surface area contributed by atoms with E-state index in [2.05, 4.69) is 4.98 Å². The number of thiazole rings is 1. The van der Waals surface area contributed by atoms with Gasteiger partial charge < -0.3 is 4.74 Å². The highest BCUT2D eigenvalue weighted by atomic mass is 32.1. The van der Waals surface area contributed by atoms with Gasteiger partial charge in [0, 0.05) is 11.5 Å². The fourth-order valence-electron chi connectivity index (χ4n) is 2.51. The number of rotatable bonds is 2. The molecule has 0 N–H and O–H groups in total. The first-order valence-electron chi connectivity index (χ1n) is 7.15. The lowest BCUT2D eigenvalue weighted by Crippen LogP contribution is -2.08. The summed E-state index contributed by atoms with van der Waals surface area (Å²) in [7, 11) is 0. The number of hydrogen-bond acceptors (Lipinski definition) is 6. The maximum atomic E-state index is 12.4. The van der Waals surface area contributed by atoms with E-state index in [-0.39, 0.29) is 0 Å². The highest BCUT2D eigenvalue weighted by Crippen LogP contribution is 2.39. The number of nitriles is 1. The summed E-state index contributed by atoms with van der Waals surface area (Å²) >= 11 is 3.17. The Morgan fingerprint density at radius 1 is 1.25 bits per heavy atom. The molecule has 4 rings (SSSR count). The molecule has 2 aromatic heterocycles. The third-order valence-corrected chi connectivity index (χ3v) is 5.46. The molecule has 4 nitrogen and oxygen atoms in total. The number of nitrogens with zero attached hydrogens (tertiary/aromatic N) is 2. The van der Waals surface area contributed by atoms with Crippen molar-refractivity contribution in [2.75, 3.05) is 0 Å². The molecule has 2 aromatic carbocycles. The Kier molecular flexibility index (Phi) is 3.53. The number of aryl methyl sites for hydroxylation is 1. The van der Waals surface area contributed by atoms with Crippen LogP contribution in [0.15, 0.2) is 41.8 Å². The number of benzene rings is 2. The maximum absolute atomic E-state index is 12.4. The zero-order chi connectivity index (χ0) is 16.7. The monoisotopic (exact) mass is 350 g/mol. The molecule has 0 amide bonds. The molecule has 2 heterocycles. The van der Waals surface area contributed by atoms with E-state index >= 15 is 0 Å². The van der Waals surface area contributed by atoms with Gasteiger partial charge in [-0.15, -0.1) is 22.7 Å². The van der Waals surface area contributed by atoms with Crippen LogP contribution in [0.2, 0.25) is 0 Å². The second kappa shape index (κ2) is 5.71. The van der Waals surface area contributed by atoms with E-state index in [0.29, 0.717) is 16.9 Å². The number of hydrogen-bond donors (Lipinski definition) is 0. The summed E-state index contributed by atoms with van der Waals surface area (Å²) in [6, 6.07) is 12.2. The predicted molar refractivity (Wildman–Crippen MR) is 95.9 cm³/mol. The Balaban J connectivity index is 1.76. The molecule has 4 aromatic rings. The van der Waals surface area contributed by atoms with Gasteiger partial charge in [0.15, 0.2) is 0 Å². The second-order valence-electron chi connectivity index (χ2n) is 5.20. The van der Waals surface area contributed by atoms with Gasteiger partial charge >= 0.3 is 5.97 Å². The smallest absolute Gasteiger partial charge is 0.343 e. The number of thiophene rings is 1. The van der Waals surface area contributed by atoms with E-state index in [4.69, 9.17) is 10.00 Å². The fourth-order valence-corrected chi connectivity index (χ4v) is 4.34. The summed E-state index contributed by atoms with van der Waals surface area (Å²) in [5.41, 5.74) is 1.88. The Hall–Kier alpha value is -2.75. The van der Waals surface area contributed by atoms with Crippen molar-refractivity contribution in [3.05, 3.63) is 57.9 Å². The molecule has 0 aliphatic rings. The largest absolute Gasteiger partial charge is 0.422 e. The number of fused-ring (bicyclic) bond motifs is 3. The minimum atomic E-state index is -0.437. The van der Waals surface area contributed by atoms with E-state index in [9.17, 15) is 4.79 Å². The molecular weight excluding hydrogens is 340 g/mol. The first-order valence-corrected chi connectivity index (χ1v) is 8.85. The van der Waals surface area contributed by atoms with Crippen molar-refractivity contribution < 1.29 is 9.53 Å². The van der Waals surface area contributed by atoms with Gasteiger partial charge in [0.25, 0.3) is 0 Å². The van der Waals surface area contributed by atoms with Crippen LogP contribution >= 0.6 is 22.7 Å². The van der Waals surface area contributed by atoms with Gasteiger partial charge in [-0.2, -0.15) is 5.26 Å². The van der Waals surface area contributed by atoms with Crippen LogP contribution in [0.5, 0.6) is 5.75 Å². The molecule has 24 heavy (non-hydrogen) atoms. The third kappa shape index (κ3) is 2.44. The average molecular weight is 350 g/mol. The van der Waals surface area contributed by atoms with Crippen molar-refractivity contribution in [2.24, 2.45) is 0 Å². The van der Waals surface area contributed by atoms with Crippen LogP contribution in [0.4, 0.5) is 0 Å². The minimum absolute atomic E-state index is 0.415. The zero-order valence-corrected chi connectivity index (χ0v) is 14.2. The van der Waals surface area contributed by atoms with Crippen LogP contribution in [0.1, 0.15) is 20.9 Å². The number of esters is 1. The number of carbonyl (C=O) groups excluding carboxylic acids is 1. The van der Waals surface area contributed by atoms with Crippen LogP contribution < -0.4 is 4.74 Å². The first-order chi connectivity index (χ1) is 11.7. The summed E-state index contributed by atoms with van der Waals surface area (Å²) in [4.78, 5) is 17.0.